The lowest BCUT2D eigenvalue weighted by Gasteiger charge is -2.15. The van der Waals surface area contributed by atoms with Crippen molar-refractivity contribution in [3.8, 4) is 0 Å². The molecule has 1 atom stereocenters. The molecule has 1 unspecified atom stereocenters. The fourth-order valence-electron chi connectivity index (χ4n) is 3.64. The highest BCUT2D eigenvalue weighted by atomic mass is 32.1. The first-order valence-corrected chi connectivity index (χ1v) is 9.77. The Balaban J connectivity index is 1.79. The molecular weight excluding hydrogens is 324 g/mol. The minimum absolute atomic E-state index is 0.0502. The highest BCUT2D eigenvalue weighted by molar-refractivity contribution is 7.16. The third-order valence-corrected chi connectivity index (χ3v) is 6.00. The van der Waals surface area contributed by atoms with Gasteiger partial charge in [-0.3, -0.25) is 9.59 Å². The number of anilines is 1. The van der Waals surface area contributed by atoms with Gasteiger partial charge in [0.2, 0.25) is 0 Å². The van der Waals surface area contributed by atoms with E-state index in [0.29, 0.717) is 17.2 Å². The van der Waals surface area contributed by atoms with E-state index in [2.05, 4.69) is 10.6 Å². The van der Waals surface area contributed by atoms with Crippen molar-refractivity contribution in [2.75, 3.05) is 11.9 Å². The molecule has 5 nitrogen and oxygen atoms in total. The monoisotopic (exact) mass is 350 g/mol. The quantitative estimate of drug-likeness (QED) is 0.855. The predicted octanol–water partition coefficient (Wildman–Crippen LogP) is 3.41. The Morgan fingerprint density at radius 1 is 1.21 bits per heavy atom. The molecule has 1 aromatic heterocycles. The Morgan fingerprint density at radius 2 is 1.96 bits per heavy atom. The van der Waals surface area contributed by atoms with Crippen molar-refractivity contribution in [3.63, 3.8) is 0 Å². The van der Waals surface area contributed by atoms with Gasteiger partial charge >= 0.3 is 0 Å². The zero-order valence-electron chi connectivity index (χ0n) is 14.4. The molecule has 0 bridgehead atoms. The highest BCUT2D eigenvalue weighted by Gasteiger charge is 2.28. The van der Waals surface area contributed by atoms with Gasteiger partial charge < -0.3 is 15.4 Å². The first-order chi connectivity index (χ1) is 11.6. The van der Waals surface area contributed by atoms with Gasteiger partial charge in [0.1, 0.15) is 11.1 Å². The lowest BCUT2D eigenvalue weighted by molar-refractivity contribution is -0.124. The summed E-state index contributed by atoms with van der Waals surface area (Å²) in [5.74, 6) is -0.183. The van der Waals surface area contributed by atoms with E-state index >= 15 is 0 Å². The van der Waals surface area contributed by atoms with E-state index in [9.17, 15) is 9.59 Å². The molecule has 1 aromatic rings. The predicted molar refractivity (Wildman–Crippen MR) is 95.8 cm³/mol. The molecule has 24 heavy (non-hydrogen) atoms. The van der Waals surface area contributed by atoms with E-state index in [1.165, 1.54) is 24.2 Å². The van der Waals surface area contributed by atoms with Gasteiger partial charge in [-0.05, 0) is 44.6 Å². The van der Waals surface area contributed by atoms with E-state index in [1.807, 2.05) is 13.8 Å². The molecule has 132 valence electrons. The van der Waals surface area contributed by atoms with Crippen LogP contribution in [0.15, 0.2) is 0 Å². The number of carbonyl (C=O) groups is 2. The SMILES string of the molecule is CCc1c(C)sc(NC(=O)C2CCCO2)c1C(=O)NC1CCCC1. The van der Waals surface area contributed by atoms with E-state index in [4.69, 9.17) is 4.74 Å². The average molecular weight is 350 g/mol. The summed E-state index contributed by atoms with van der Waals surface area (Å²) in [4.78, 5) is 26.3. The van der Waals surface area contributed by atoms with Crippen molar-refractivity contribution in [2.45, 2.75) is 70.9 Å². The number of aryl methyl sites for hydroxylation is 1. The second-order valence-electron chi connectivity index (χ2n) is 6.64. The fourth-order valence-corrected chi connectivity index (χ4v) is 4.78. The average Bonchev–Trinajstić information content (AvgIpc) is 3.27. The summed E-state index contributed by atoms with van der Waals surface area (Å²) in [7, 11) is 0. The summed E-state index contributed by atoms with van der Waals surface area (Å²) < 4.78 is 5.45. The highest BCUT2D eigenvalue weighted by Crippen LogP contribution is 2.34. The number of amides is 2. The van der Waals surface area contributed by atoms with Gasteiger partial charge in [-0.2, -0.15) is 0 Å². The molecule has 3 rings (SSSR count). The molecule has 1 saturated heterocycles. The number of thiophene rings is 1. The molecule has 6 heteroatoms. The second kappa shape index (κ2) is 7.66. The summed E-state index contributed by atoms with van der Waals surface area (Å²) in [6, 6.07) is 0.268. The summed E-state index contributed by atoms with van der Waals surface area (Å²) in [5.41, 5.74) is 1.69. The molecule has 2 heterocycles. The van der Waals surface area contributed by atoms with Crippen molar-refractivity contribution >= 4 is 28.2 Å². The summed E-state index contributed by atoms with van der Waals surface area (Å²) in [5, 5.41) is 6.77. The van der Waals surface area contributed by atoms with Crippen LogP contribution in [0.25, 0.3) is 0 Å². The van der Waals surface area contributed by atoms with Crippen LogP contribution in [0, 0.1) is 6.92 Å². The molecule has 1 aliphatic heterocycles. The van der Waals surface area contributed by atoms with Crippen LogP contribution in [-0.4, -0.2) is 30.6 Å². The topological polar surface area (TPSA) is 67.4 Å². The van der Waals surface area contributed by atoms with E-state index in [-0.39, 0.29) is 24.0 Å². The minimum Gasteiger partial charge on any atom is -0.368 e. The zero-order chi connectivity index (χ0) is 17.1. The number of ether oxygens (including phenoxy) is 1. The minimum atomic E-state index is -0.386. The molecule has 2 N–H and O–H groups in total. The Morgan fingerprint density at radius 3 is 2.58 bits per heavy atom. The second-order valence-corrected chi connectivity index (χ2v) is 7.86. The number of carbonyl (C=O) groups excluding carboxylic acids is 2. The van der Waals surface area contributed by atoms with Gasteiger partial charge in [-0.1, -0.05) is 19.8 Å². The van der Waals surface area contributed by atoms with Crippen molar-refractivity contribution in [1.29, 1.82) is 0 Å². The van der Waals surface area contributed by atoms with Crippen molar-refractivity contribution in [2.24, 2.45) is 0 Å². The first kappa shape index (κ1) is 17.4. The maximum absolute atomic E-state index is 12.8. The number of nitrogens with one attached hydrogen (secondary N) is 2. The van der Waals surface area contributed by atoms with Gasteiger partial charge in [0.25, 0.3) is 11.8 Å². The Hall–Kier alpha value is -1.40. The molecule has 1 saturated carbocycles. The largest absolute Gasteiger partial charge is 0.368 e. The lowest BCUT2D eigenvalue weighted by atomic mass is 10.1. The smallest absolute Gasteiger partial charge is 0.254 e. The van der Waals surface area contributed by atoms with Crippen LogP contribution in [-0.2, 0) is 16.0 Å². The molecule has 1 aliphatic carbocycles. The van der Waals surface area contributed by atoms with Crippen LogP contribution in [0.2, 0.25) is 0 Å². The van der Waals surface area contributed by atoms with Crippen LogP contribution in [0.4, 0.5) is 5.00 Å². The first-order valence-electron chi connectivity index (χ1n) is 8.95. The van der Waals surface area contributed by atoms with Gasteiger partial charge in [0.15, 0.2) is 0 Å². The van der Waals surface area contributed by atoms with Crippen molar-refractivity contribution in [3.05, 3.63) is 16.0 Å². The van der Waals surface area contributed by atoms with E-state index in [0.717, 1.165) is 42.5 Å². The maximum Gasteiger partial charge on any atom is 0.254 e. The number of hydrogen-bond acceptors (Lipinski definition) is 4. The molecule has 2 fully saturated rings. The third-order valence-electron chi connectivity index (χ3n) is 4.94. The molecular formula is C18H26N2O3S. The molecule has 2 amide bonds. The van der Waals surface area contributed by atoms with Gasteiger partial charge in [0.05, 0.1) is 5.56 Å². The van der Waals surface area contributed by atoms with Gasteiger partial charge in [-0.15, -0.1) is 11.3 Å². The third kappa shape index (κ3) is 3.64. The van der Waals surface area contributed by atoms with Crippen LogP contribution in [0.5, 0.6) is 0 Å². The van der Waals surface area contributed by atoms with Crippen molar-refractivity contribution in [1.82, 2.24) is 5.32 Å². The summed E-state index contributed by atoms with van der Waals surface area (Å²) in [6.45, 7) is 4.70. The van der Waals surface area contributed by atoms with E-state index < -0.39 is 0 Å². The van der Waals surface area contributed by atoms with Crippen molar-refractivity contribution < 1.29 is 14.3 Å². The lowest BCUT2D eigenvalue weighted by Crippen LogP contribution is -2.34. The Labute approximate surface area is 147 Å². The van der Waals surface area contributed by atoms with Gasteiger partial charge in [0, 0.05) is 17.5 Å². The molecule has 0 aromatic carbocycles. The Kier molecular flexibility index (Phi) is 5.56. The van der Waals surface area contributed by atoms with Crippen LogP contribution in [0.3, 0.4) is 0 Å². The molecule has 0 spiro atoms. The maximum atomic E-state index is 12.8. The van der Waals surface area contributed by atoms with Crippen LogP contribution >= 0.6 is 11.3 Å². The molecule has 0 radical (unpaired) electrons. The van der Waals surface area contributed by atoms with Crippen LogP contribution < -0.4 is 10.6 Å². The Bertz CT molecular complexity index is 614. The zero-order valence-corrected chi connectivity index (χ0v) is 15.3. The summed E-state index contributed by atoms with van der Waals surface area (Å²) in [6.07, 6.45) is 6.52. The van der Waals surface area contributed by atoms with Crippen LogP contribution in [0.1, 0.15) is 66.2 Å². The van der Waals surface area contributed by atoms with Gasteiger partial charge in [-0.25, -0.2) is 0 Å². The normalized spacial score (nSPS) is 21.2. The van der Waals surface area contributed by atoms with E-state index in [1.54, 1.807) is 0 Å². The standard InChI is InChI=1S/C18H26N2O3S/c1-3-13-11(2)24-18(20-16(21)14-9-6-10-23-14)15(13)17(22)19-12-7-4-5-8-12/h12,14H,3-10H2,1-2H3,(H,19,22)(H,20,21). The number of rotatable bonds is 5. The summed E-state index contributed by atoms with van der Waals surface area (Å²) >= 11 is 1.49. The number of hydrogen-bond donors (Lipinski definition) is 2. The fraction of sp³-hybridized carbons (Fsp3) is 0.667. The molecule has 2 aliphatic rings.